The van der Waals surface area contributed by atoms with Gasteiger partial charge in [0, 0.05) is 13.6 Å². The second kappa shape index (κ2) is 5.65. The monoisotopic (exact) mass is 265 g/mol. The first-order valence-corrected chi connectivity index (χ1v) is 6.75. The topological polar surface area (TPSA) is 69.8 Å². The Morgan fingerprint density at radius 2 is 2.21 bits per heavy atom. The highest BCUT2D eigenvalue weighted by Gasteiger charge is 2.27. The number of hydrogen-bond acceptors (Lipinski definition) is 3. The molecule has 5 heteroatoms. The third kappa shape index (κ3) is 3.99. The Morgan fingerprint density at radius 3 is 2.74 bits per heavy atom. The smallest absolute Gasteiger partial charge is 0.191 e. The van der Waals surface area contributed by atoms with Crippen molar-refractivity contribution in [1.82, 2.24) is 10.6 Å². The van der Waals surface area contributed by atoms with Crippen LogP contribution >= 0.6 is 0 Å². The van der Waals surface area contributed by atoms with Crippen molar-refractivity contribution in [2.45, 2.75) is 32.3 Å². The molecule has 5 nitrogen and oxygen atoms in total. The van der Waals surface area contributed by atoms with Crippen LogP contribution in [0.2, 0.25) is 0 Å². The second-order valence-corrected chi connectivity index (χ2v) is 5.43. The van der Waals surface area contributed by atoms with E-state index < -0.39 is 5.60 Å². The van der Waals surface area contributed by atoms with Crippen molar-refractivity contribution < 1.29 is 9.52 Å². The van der Waals surface area contributed by atoms with E-state index >= 15 is 0 Å². The maximum absolute atomic E-state index is 10.4. The van der Waals surface area contributed by atoms with Gasteiger partial charge in [0.25, 0.3) is 0 Å². The van der Waals surface area contributed by atoms with Crippen molar-refractivity contribution in [2.24, 2.45) is 10.9 Å². The summed E-state index contributed by atoms with van der Waals surface area (Å²) in [6, 6.07) is 3.65. The minimum absolute atomic E-state index is 0.351. The lowest BCUT2D eigenvalue weighted by molar-refractivity contribution is 0.0378. The summed E-state index contributed by atoms with van der Waals surface area (Å²) in [5.74, 6) is 2.86. The van der Waals surface area contributed by atoms with E-state index in [1.807, 2.05) is 13.0 Å². The average molecular weight is 265 g/mol. The van der Waals surface area contributed by atoms with E-state index in [2.05, 4.69) is 15.6 Å². The van der Waals surface area contributed by atoms with Gasteiger partial charge < -0.3 is 20.2 Å². The van der Waals surface area contributed by atoms with E-state index in [1.165, 1.54) is 12.8 Å². The zero-order valence-corrected chi connectivity index (χ0v) is 11.9. The predicted octanol–water partition coefficient (Wildman–Crippen LogP) is 1.37. The number of guanidine groups is 1. The summed E-state index contributed by atoms with van der Waals surface area (Å²) in [5, 5.41) is 16.8. The van der Waals surface area contributed by atoms with Crippen LogP contribution in [0.4, 0.5) is 0 Å². The molecule has 0 amide bonds. The molecule has 0 saturated heterocycles. The third-order valence-electron chi connectivity index (χ3n) is 3.35. The van der Waals surface area contributed by atoms with Gasteiger partial charge in [-0.1, -0.05) is 0 Å². The van der Waals surface area contributed by atoms with Gasteiger partial charge in [-0.2, -0.15) is 0 Å². The Balaban J connectivity index is 1.84. The molecule has 19 heavy (non-hydrogen) atoms. The molecule has 1 saturated carbocycles. The first-order valence-electron chi connectivity index (χ1n) is 6.75. The fourth-order valence-corrected chi connectivity index (χ4v) is 1.85. The number of rotatable bonds is 5. The Kier molecular flexibility index (Phi) is 4.14. The molecule has 1 aliphatic carbocycles. The largest absolute Gasteiger partial charge is 0.463 e. The number of aryl methyl sites for hydroxylation is 1. The first-order chi connectivity index (χ1) is 9.01. The van der Waals surface area contributed by atoms with E-state index in [1.54, 1.807) is 20.0 Å². The second-order valence-electron chi connectivity index (χ2n) is 5.43. The molecule has 1 heterocycles. The van der Waals surface area contributed by atoms with Crippen molar-refractivity contribution in [3.8, 4) is 0 Å². The van der Waals surface area contributed by atoms with Gasteiger partial charge in [-0.05, 0) is 44.7 Å². The summed E-state index contributed by atoms with van der Waals surface area (Å²) in [6.45, 7) is 4.89. The number of furan rings is 1. The normalized spacial score (nSPS) is 19.1. The zero-order chi connectivity index (χ0) is 13.9. The van der Waals surface area contributed by atoms with Gasteiger partial charge in [0.05, 0.1) is 6.54 Å². The maximum Gasteiger partial charge on any atom is 0.191 e. The lowest BCUT2D eigenvalue weighted by Crippen LogP contribution is -2.44. The van der Waals surface area contributed by atoms with Gasteiger partial charge in [0.2, 0.25) is 0 Å². The summed E-state index contributed by atoms with van der Waals surface area (Å²) in [5.41, 5.74) is -1.05. The van der Waals surface area contributed by atoms with E-state index in [0.717, 1.165) is 24.2 Å². The summed E-state index contributed by atoms with van der Waals surface area (Å²) >= 11 is 0. The number of nitrogens with one attached hydrogen (secondary N) is 2. The van der Waals surface area contributed by atoms with Crippen molar-refractivity contribution in [1.29, 1.82) is 0 Å². The van der Waals surface area contributed by atoms with Crippen molar-refractivity contribution in [2.75, 3.05) is 20.1 Å². The molecule has 1 unspecified atom stereocenters. The highest BCUT2D eigenvalue weighted by Crippen LogP contribution is 2.27. The van der Waals surface area contributed by atoms with Crippen LogP contribution in [0.3, 0.4) is 0 Å². The Labute approximate surface area is 114 Å². The summed E-state index contributed by atoms with van der Waals surface area (Å²) in [4.78, 5) is 4.14. The fourth-order valence-electron chi connectivity index (χ4n) is 1.85. The number of aliphatic imine (C=N–C) groups is 1. The predicted molar refractivity (Wildman–Crippen MR) is 75.1 cm³/mol. The molecule has 0 spiro atoms. The molecule has 0 bridgehead atoms. The quantitative estimate of drug-likeness (QED) is 0.555. The van der Waals surface area contributed by atoms with E-state index in [-0.39, 0.29) is 0 Å². The zero-order valence-electron chi connectivity index (χ0n) is 11.9. The van der Waals surface area contributed by atoms with Crippen LogP contribution in [0, 0.1) is 12.8 Å². The molecule has 3 N–H and O–H groups in total. The number of hydrogen-bond donors (Lipinski definition) is 3. The van der Waals surface area contributed by atoms with Crippen molar-refractivity contribution in [3.05, 3.63) is 23.7 Å². The Hall–Kier alpha value is -1.49. The van der Waals surface area contributed by atoms with Crippen LogP contribution in [0.5, 0.6) is 0 Å². The SMILES string of the molecule is CN=C(NCC1CC1)NCC(C)(O)c1ccc(C)o1. The number of aliphatic hydroxyl groups is 1. The van der Waals surface area contributed by atoms with Crippen LogP contribution in [0.25, 0.3) is 0 Å². The highest BCUT2D eigenvalue weighted by molar-refractivity contribution is 5.79. The van der Waals surface area contributed by atoms with Gasteiger partial charge in [0.1, 0.15) is 17.1 Å². The van der Waals surface area contributed by atoms with Crippen molar-refractivity contribution >= 4 is 5.96 Å². The molecule has 1 aromatic rings. The van der Waals surface area contributed by atoms with E-state index in [4.69, 9.17) is 4.42 Å². The maximum atomic E-state index is 10.4. The highest BCUT2D eigenvalue weighted by atomic mass is 16.4. The van der Waals surface area contributed by atoms with Gasteiger partial charge in [0.15, 0.2) is 5.96 Å². The lowest BCUT2D eigenvalue weighted by Gasteiger charge is -2.22. The molecule has 0 aromatic carbocycles. The third-order valence-corrected chi connectivity index (χ3v) is 3.35. The fraction of sp³-hybridized carbons (Fsp3) is 0.643. The summed E-state index contributed by atoms with van der Waals surface area (Å²) < 4.78 is 5.47. The van der Waals surface area contributed by atoms with Crippen molar-refractivity contribution in [3.63, 3.8) is 0 Å². The molecule has 106 valence electrons. The minimum Gasteiger partial charge on any atom is -0.463 e. The van der Waals surface area contributed by atoms with Crippen LogP contribution in [-0.4, -0.2) is 31.2 Å². The molecule has 1 atom stereocenters. The molecule has 1 aromatic heterocycles. The Morgan fingerprint density at radius 1 is 1.47 bits per heavy atom. The van der Waals surface area contributed by atoms with Crippen LogP contribution in [0.1, 0.15) is 31.3 Å². The summed E-state index contributed by atoms with van der Waals surface area (Å²) in [7, 11) is 1.73. The standard InChI is InChI=1S/C14H23N3O2/c1-10-4-7-12(19-10)14(2,18)9-17-13(15-3)16-8-11-5-6-11/h4,7,11,18H,5-6,8-9H2,1-3H3,(H2,15,16,17). The van der Waals surface area contributed by atoms with Gasteiger partial charge in [-0.15, -0.1) is 0 Å². The van der Waals surface area contributed by atoms with E-state index in [9.17, 15) is 5.11 Å². The first kappa shape index (κ1) is 13.9. The molecule has 1 fully saturated rings. The molecule has 2 rings (SSSR count). The van der Waals surface area contributed by atoms with Gasteiger partial charge in [-0.3, -0.25) is 4.99 Å². The van der Waals surface area contributed by atoms with Crippen LogP contribution < -0.4 is 10.6 Å². The van der Waals surface area contributed by atoms with Crippen LogP contribution in [-0.2, 0) is 5.60 Å². The number of nitrogens with zero attached hydrogens (tertiary/aromatic N) is 1. The van der Waals surface area contributed by atoms with E-state index in [0.29, 0.717) is 12.3 Å². The lowest BCUT2D eigenvalue weighted by atomic mass is 10.0. The Bertz CT molecular complexity index is 447. The van der Waals surface area contributed by atoms with Gasteiger partial charge in [-0.25, -0.2) is 0 Å². The molecule has 1 aliphatic rings. The summed E-state index contributed by atoms with van der Waals surface area (Å²) in [6.07, 6.45) is 2.60. The molecule has 0 radical (unpaired) electrons. The molecular formula is C14H23N3O2. The van der Waals surface area contributed by atoms with Crippen LogP contribution in [0.15, 0.2) is 21.5 Å². The molecular weight excluding hydrogens is 242 g/mol. The van der Waals surface area contributed by atoms with Gasteiger partial charge >= 0.3 is 0 Å². The minimum atomic E-state index is -1.05. The average Bonchev–Trinajstić information content (AvgIpc) is 3.09. The molecule has 0 aliphatic heterocycles.